The lowest BCUT2D eigenvalue weighted by Gasteiger charge is -2.08. The Hall–Kier alpha value is -3.21. The van der Waals surface area contributed by atoms with E-state index in [-0.39, 0.29) is 12.6 Å². The van der Waals surface area contributed by atoms with Gasteiger partial charge in [-0.2, -0.15) is 0 Å². The first-order valence-corrected chi connectivity index (χ1v) is 8.03. The molecule has 0 atom stereocenters. The fourth-order valence-electron chi connectivity index (χ4n) is 2.36. The zero-order valence-electron chi connectivity index (χ0n) is 14.0. The molecule has 1 aromatic heterocycles. The van der Waals surface area contributed by atoms with Crippen LogP contribution in [0.25, 0.3) is 0 Å². The summed E-state index contributed by atoms with van der Waals surface area (Å²) >= 11 is 0. The Morgan fingerprint density at radius 3 is 2.64 bits per heavy atom. The highest BCUT2D eigenvalue weighted by atomic mass is 16.5. The van der Waals surface area contributed by atoms with Crippen molar-refractivity contribution in [1.82, 2.24) is 9.97 Å². The Morgan fingerprint density at radius 2 is 1.84 bits per heavy atom. The third-order valence-electron chi connectivity index (χ3n) is 3.60. The summed E-state index contributed by atoms with van der Waals surface area (Å²) in [4.78, 5) is 20.7. The maximum atomic E-state index is 12.2. The van der Waals surface area contributed by atoms with Gasteiger partial charge in [0.2, 0.25) is 0 Å². The molecule has 1 heterocycles. The first kappa shape index (κ1) is 16.6. The van der Waals surface area contributed by atoms with E-state index >= 15 is 0 Å². The summed E-state index contributed by atoms with van der Waals surface area (Å²) in [7, 11) is 0. The minimum absolute atomic E-state index is 0.265. The number of hydrogen-bond donors (Lipinski definition) is 1. The van der Waals surface area contributed by atoms with Crippen LogP contribution in [0, 0.1) is 6.92 Å². The summed E-state index contributed by atoms with van der Waals surface area (Å²) in [6, 6.07) is 17.0. The van der Waals surface area contributed by atoms with Crippen molar-refractivity contribution < 1.29 is 9.53 Å². The minimum Gasteiger partial charge on any atom is -0.457 e. The van der Waals surface area contributed by atoms with Crippen LogP contribution in [-0.4, -0.2) is 15.9 Å². The molecule has 0 aliphatic heterocycles. The normalized spacial score (nSPS) is 10.3. The number of rotatable bonds is 6. The van der Waals surface area contributed by atoms with Gasteiger partial charge in [-0.15, -0.1) is 0 Å². The number of hydrogen-bond acceptors (Lipinski definition) is 5. The molecule has 1 N–H and O–H groups in total. The summed E-state index contributed by atoms with van der Waals surface area (Å²) in [6.07, 6.45) is 3.37. The summed E-state index contributed by atoms with van der Waals surface area (Å²) in [5.74, 6) is 0.373. The highest BCUT2D eigenvalue weighted by Gasteiger charge is 2.08. The van der Waals surface area contributed by atoms with Crippen LogP contribution < -0.4 is 5.32 Å². The molecule has 126 valence electrons. The molecule has 3 rings (SSSR count). The van der Waals surface area contributed by atoms with Gasteiger partial charge in [-0.25, -0.2) is 9.78 Å². The van der Waals surface area contributed by atoms with Gasteiger partial charge < -0.3 is 10.1 Å². The molecular formula is C20H19N3O2. The molecule has 0 saturated carbocycles. The molecule has 0 aliphatic rings. The molecule has 5 heteroatoms. The van der Waals surface area contributed by atoms with Crippen LogP contribution >= 0.6 is 0 Å². The fourth-order valence-corrected chi connectivity index (χ4v) is 2.36. The third kappa shape index (κ3) is 4.88. The number of nitrogens with zero attached hydrogens (tertiary/aromatic N) is 2. The Balaban J connectivity index is 1.59. The zero-order valence-corrected chi connectivity index (χ0v) is 14.0. The lowest BCUT2D eigenvalue weighted by Crippen LogP contribution is -2.07. The summed E-state index contributed by atoms with van der Waals surface area (Å²) < 4.78 is 5.37. The van der Waals surface area contributed by atoms with E-state index in [1.54, 1.807) is 18.5 Å². The van der Waals surface area contributed by atoms with Gasteiger partial charge in [0.05, 0.1) is 17.5 Å². The second-order valence-corrected chi connectivity index (χ2v) is 5.66. The van der Waals surface area contributed by atoms with E-state index in [0.29, 0.717) is 17.9 Å². The highest BCUT2D eigenvalue weighted by Crippen LogP contribution is 2.11. The molecular weight excluding hydrogens is 314 g/mol. The molecule has 3 aromatic rings. The van der Waals surface area contributed by atoms with Crippen molar-refractivity contribution in [2.75, 3.05) is 5.32 Å². The average molecular weight is 333 g/mol. The van der Waals surface area contributed by atoms with Crippen molar-refractivity contribution in [2.24, 2.45) is 0 Å². The van der Waals surface area contributed by atoms with Gasteiger partial charge in [-0.05, 0) is 30.2 Å². The number of esters is 1. The molecule has 5 nitrogen and oxygen atoms in total. The first-order chi connectivity index (χ1) is 12.2. The number of anilines is 1. The van der Waals surface area contributed by atoms with E-state index in [1.807, 2.05) is 55.5 Å². The zero-order chi connectivity index (χ0) is 17.5. The van der Waals surface area contributed by atoms with E-state index in [4.69, 9.17) is 4.74 Å². The van der Waals surface area contributed by atoms with Crippen molar-refractivity contribution in [3.8, 4) is 0 Å². The van der Waals surface area contributed by atoms with Crippen LogP contribution in [0.1, 0.15) is 27.2 Å². The van der Waals surface area contributed by atoms with Crippen LogP contribution in [0.2, 0.25) is 0 Å². The number of carbonyl (C=O) groups is 1. The van der Waals surface area contributed by atoms with Crippen molar-refractivity contribution in [1.29, 1.82) is 0 Å². The molecule has 0 bridgehead atoms. The first-order valence-electron chi connectivity index (χ1n) is 8.03. The van der Waals surface area contributed by atoms with Crippen LogP contribution in [0.4, 0.5) is 5.82 Å². The number of ether oxygens (including phenoxy) is 1. The molecule has 0 saturated heterocycles. The summed E-state index contributed by atoms with van der Waals surface area (Å²) in [5, 5.41) is 3.20. The Kier molecular flexibility index (Phi) is 5.36. The Morgan fingerprint density at radius 1 is 1.04 bits per heavy atom. The van der Waals surface area contributed by atoms with E-state index in [0.717, 1.165) is 16.8 Å². The molecule has 0 radical (unpaired) electrons. The number of carbonyl (C=O) groups excluding carboxylic acids is 1. The molecule has 25 heavy (non-hydrogen) atoms. The second kappa shape index (κ2) is 8.06. The van der Waals surface area contributed by atoms with Gasteiger partial charge in [0.25, 0.3) is 0 Å². The monoisotopic (exact) mass is 333 g/mol. The smallest absolute Gasteiger partial charge is 0.338 e. The molecule has 0 amide bonds. The van der Waals surface area contributed by atoms with Crippen molar-refractivity contribution in [2.45, 2.75) is 20.1 Å². The van der Waals surface area contributed by atoms with E-state index in [1.165, 1.54) is 0 Å². The SMILES string of the molecule is Cc1cncc(NCc2cccc(C(=O)OCc3ccccc3)c2)n1. The summed E-state index contributed by atoms with van der Waals surface area (Å²) in [6.45, 7) is 2.71. The Bertz CT molecular complexity index is 850. The van der Waals surface area contributed by atoms with Crippen LogP contribution in [0.15, 0.2) is 67.0 Å². The number of benzene rings is 2. The van der Waals surface area contributed by atoms with Crippen molar-refractivity contribution in [3.63, 3.8) is 0 Å². The second-order valence-electron chi connectivity index (χ2n) is 5.66. The topological polar surface area (TPSA) is 64.1 Å². The van der Waals surface area contributed by atoms with E-state index in [9.17, 15) is 4.79 Å². The van der Waals surface area contributed by atoms with Gasteiger partial charge in [-0.1, -0.05) is 42.5 Å². The van der Waals surface area contributed by atoms with Gasteiger partial charge >= 0.3 is 5.97 Å². The average Bonchev–Trinajstić information content (AvgIpc) is 2.65. The van der Waals surface area contributed by atoms with E-state index < -0.39 is 0 Å². The minimum atomic E-state index is -0.332. The van der Waals surface area contributed by atoms with E-state index in [2.05, 4.69) is 15.3 Å². The molecule has 0 spiro atoms. The van der Waals surface area contributed by atoms with Crippen LogP contribution in [0.5, 0.6) is 0 Å². The molecule has 2 aromatic carbocycles. The Labute approximate surface area is 146 Å². The number of aryl methyl sites for hydroxylation is 1. The number of nitrogens with one attached hydrogen (secondary N) is 1. The van der Waals surface area contributed by atoms with Gasteiger partial charge in [0, 0.05) is 12.7 Å². The van der Waals surface area contributed by atoms with Crippen molar-refractivity contribution in [3.05, 3.63) is 89.4 Å². The largest absolute Gasteiger partial charge is 0.457 e. The maximum Gasteiger partial charge on any atom is 0.338 e. The lowest BCUT2D eigenvalue weighted by molar-refractivity contribution is 0.0472. The van der Waals surface area contributed by atoms with Gasteiger partial charge in [0.1, 0.15) is 12.4 Å². The predicted molar refractivity (Wildman–Crippen MR) is 96.1 cm³/mol. The van der Waals surface area contributed by atoms with Crippen LogP contribution in [-0.2, 0) is 17.9 Å². The molecule has 0 unspecified atom stereocenters. The van der Waals surface area contributed by atoms with Gasteiger partial charge in [-0.3, -0.25) is 4.98 Å². The van der Waals surface area contributed by atoms with Crippen LogP contribution in [0.3, 0.4) is 0 Å². The quantitative estimate of drug-likeness (QED) is 0.696. The fraction of sp³-hybridized carbons (Fsp3) is 0.150. The third-order valence-corrected chi connectivity index (χ3v) is 3.60. The van der Waals surface area contributed by atoms with Crippen molar-refractivity contribution >= 4 is 11.8 Å². The molecule has 0 fully saturated rings. The highest BCUT2D eigenvalue weighted by molar-refractivity contribution is 5.89. The number of aromatic nitrogens is 2. The summed E-state index contributed by atoms with van der Waals surface area (Å²) in [5.41, 5.74) is 3.32. The standard InChI is InChI=1S/C20H19N3O2/c1-15-11-21-13-19(23-15)22-12-17-8-5-9-18(10-17)20(24)25-14-16-6-3-2-4-7-16/h2-11,13H,12,14H2,1H3,(H,22,23). The lowest BCUT2D eigenvalue weighted by atomic mass is 10.1. The predicted octanol–water partition coefficient (Wildman–Crippen LogP) is 3.75. The van der Waals surface area contributed by atoms with Gasteiger partial charge in [0.15, 0.2) is 0 Å². The molecule has 0 aliphatic carbocycles. The maximum absolute atomic E-state index is 12.2.